The van der Waals surface area contributed by atoms with Gasteiger partial charge in [-0.3, -0.25) is 4.79 Å². The average Bonchev–Trinajstić information content (AvgIpc) is 2.91. The number of nitrogens with zero attached hydrogens (tertiary/aromatic N) is 3. The quantitative estimate of drug-likeness (QED) is 0.859. The number of aromatic nitrogens is 3. The van der Waals surface area contributed by atoms with Gasteiger partial charge in [-0.25, -0.2) is 22.6 Å². The Morgan fingerprint density at radius 3 is 2.83 bits per heavy atom. The number of amides is 1. The molecule has 2 aromatic rings. The Labute approximate surface area is 133 Å². The number of nitrogens with one attached hydrogen (secondary N) is 1. The van der Waals surface area contributed by atoms with E-state index in [1.807, 2.05) is 0 Å². The summed E-state index contributed by atoms with van der Waals surface area (Å²) in [5.41, 5.74) is 1.30. The van der Waals surface area contributed by atoms with Crippen molar-refractivity contribution >= 4 is 21.6 Å². The molecule has 1 amide bonds. The van der Waals surface area contributed by atoms with Crippen molar-refractivity contribution < 1.29 is 17.9 Å². The zero-order valence-electron chi connectivity index (χ0n) is 12.9. The molecule has 9 heteroatoms. The molecular weight excluding hydrogens is 320 g/mol. The smallest absolute Gasteiger partial charge is 0.268 e. The molecule has 2 aromatic heterocycles. The van der Waals surface area contributed by atoms with E-state index >= 15 is 0 Å². The predicted molar refractivity (Wildman–Crippen MR) is 82.6 cm³/mol. The SMILES string of the molecule is COCC1(S(=O)(=O)NC(=O)c2cnc3ccnn3c2C)CCC1. The van der Waals surface area contributed by atoms with Gasteiger partial charge in [0.05, 0.1) is 24.1 Å². The molecule has 1 aliphatic carbocycles. The molecule has 0 saturated heterocycles. The summed E-state index contributed by atoms with van der Waals surface area (Å²) >= 11 is 0. The highest BCUT2D eigenvalue weighted by atomic mass is 32.2. The maximum Gasteiger partial charge on any atom is 0.268 e. The molecule has 0 radical (unpaired) electrons. The van der Waals surface area contributed by atoms with Crippen LogP contribution in [0.5, 0.6) is 0 Å². The van der Waals surface area contributed by atoms with Crippen LogP contribution in [0, 0.1) is 6.92 Å². The molecule has 0 bridgehead atoms. The van der Waals surface area contributed by atoms with Crippen molar-refractivity contribution in [2.75, 3.05) is 13.7 Å². The molecule has 3 rings (SSSR count). The van der Waals surface area contributed by atoms with Crippen LogP contribution >= 0.6 is 0 Å². The van der Waals surface area contributed by atoms with Crippen LogP contribution < -0.4 is 4.72 Å². The molecule has 23 heavy (non-hydrogen) atoms. The van der Waals surface area contributed by atoms with Gasteiger partial charge in [0.2, 0.25) is 10.0 Å². The number of sulfonamides is 1. The molecule has 0 spiro atoms. The summed E-state index contributed by atoms with van der Waals surface area (Å²) < 4.78 is 32.8. The minimum Gasteiger partial charge on any atom is -0.383 e. The lowest BCUT2D eigenvalue weighted by Gasteiger charge is -2.39. The van der Waals surface area contributed by atoms with Gasteiger partial charge in [-0.1, -0.05) is 0 Å². The van der Waals surface area contributed by atoms with Gasteiger partial charge in [0.15, 0.2) is 5.65 Å². The maximum absolute atomic E-state index is 12.6. The summed E-state index contributed by atoms with van der Waals surface area (Å²) in [5, 5.41) is 4.07. The van der Waals surface area contributed by atoms with Gasteiger partial charge in [0.25, 0.3) is 5.91 Å². The van der Waals surface area contributed by atoms with E-state index in [1.165, 1.54) is 17.8 Å². The standard InChI is InChI=1S/C14H18N4O4S/c1-10-11(8-15-12-4-7-16-18(10)12)13(19)17-23(20,21)14(9-22-2)5-3-6-14/h4,7-8H,3,5-6,9H2,1-2H3,(H,17,19). The van der Waals surface area contributed by atoms with Crippen molar-refractivity contribution in [3.63, 3.8) is 0 Å². The second-order valence-electron chi connectivity index (χ2n) is 5.76. The average molecular weight is 338 g/mol. The summed E-state index contributed by atoms with van der Waals surface area (Å²) in [4.78, 5) is 16.5. The van der Waals surface area contributed by atoms with Crippen LogP contribution in [0.3, 0.4) is 0 Å². The van der Waals surface area contributed by atoms with E-state index < -0.39 is 20.7 Å². The molecule has 1 fully saturated rings. The first-order chi connectivity index (χ1) is 10.9. The van der Waals surface area contributed by atoms with Crippen LogP contribution in [0.4, 0.5) is 0 Å². The number of rotatable bonds is 5. The number of ether oxygens (including phenoxy) is 1. The minimum atomic E-state index is -3.83. The lowest BCUT2D eigenvalue weighted by molar-refractivity contribution is 0.0970. The van der Waals surface area contributed by atoms with Crippen LogP contribution in [0.25, 0.3) is 5.65 Å². The number of hydrogen-bond donors (Lipinski definition) is 1. The van der Waals surface area contributed by atoms with Gasteiger partial charge < -0.3 is 4.74 Å². The maximum atomic E-state index is 12.6. The molecule has 1 aliphatic rings. The number of hydrogen-bond acceptors (Lipinski definition) is 6. The van der Waals surface area contributed by atoms with Crippen molar-refractivity contribution in [1.29, 1.82) is 0 Å². The number of carbonyl (C=O) groups is 1. The van der Waals surface area contributed by atoms with Gasteiger partial charge in [-0.05, 0) is 26.2 Å². The Bertz CT molecular complexity index is 855. The van der Waals surface area contributed by atoms with Crippen LogP contribution in [0.15, 0.2) is 18.5 Å². The largest absolute Gasteiger partial charge is 0.383 e. The number of aryl methyl sites for hydroxylation is 1. The Hall–Kier alpha value is -2.00. The molecule has 1 N–H and O–H groups in total. The Balaban J connectivity index is 1.89. The molecule has 124 valence electrons. The number of methoxy groups -OCH3 is 1. The molecule has 8 nitrogen and oxygen atoms in total. The Morgan fingerprint density at radius 1 is 1.48 bits per heavy atom. The van der Waals surface area contributed by atoms with E-state index in [0.29, 0.717) is 24.2 Å². The molecule has 2 heterocycles. The van der Waals surface area contributed by atoms with E-state index in [2.05, 4.69) is 14.8 Å². The second-order valence-corrected chi connectivity index (χ2v) is 7.84. The fourth-order valence-corrected chi connectivity index (χ4v) is 4.49. The highest BCUT2D eigenvalue weighted by Crippen LogP contribution is 2.39. The molecule has 0 aliphatic heterocycles. The first-order valence-corrected chi connectivity index (χ1v) is 8.73. The van der Waals surface area contributed by atoms with Gasteiger partial charge in [0.1, 0.15) is 4.75 Å². The number of carbonyl (C=O) groups excluding carboxylic acids is 1. The molecular formula is C14H18N4O4S. The lowest BCUT2D eigenvalue weighted by atomic mass is 9.85. The van der Waals surface area contributed by atoms with Crippen LogP contribution in [-0.2, 0) is 14.8 Å². The van der Waals surface area contributed by atoms with E-state index in [1.54, 1.807) is 19.2 Å². The van der Waals surface area contributed by atoms with Gasteiger partial charge in [-0.15, -0.1) is 0 Å². The molecule has 0 aromatic carbocycles. The highest BCUT2D eigenvalue weighted by Gasteiger charge is 2.50. The fourth-order valence-electron chi connectivity index (χ4n) is 2.82. The Kier molecular flexibility index (Phi) is 3.85. The summed E-state index contributed by atoms with van der Waals surface area (Å²) in [6.45, 7) is 1.77. The van der Waals surface area contributed by atoms with Gasteiger partial charge in [0, 0.05) is 19.4 Å². The molecule has 1 saturated carbocycles. The van der Waals surface area contributed by atoms with E-state index in [0.717, 1.165) is 6.42 Å². The highest BCUT2D eigenvalue weighted by molar-refractivity contribution is 7.91. The number of fused-ring (bicyclic) bond motifs is 1. The van der Waals surface area contributed by atoms with Gasteiger partial charge >= 0.3 is 0 Å². The van der Waals surface area contributed by atoms with Crippen LogP contribution in [-0.4, -0.2) is 47.4 Å². The summed E-state index contributed by atoms with van der Waals surface area (Å²) in [6.07, 6.45) is 4.70. The zero-order valence-corrected chi connectivity index (χ0v) is 13.8. The monoisotopic (exact) mass is 338 g/mol. The first kappa shape index (κ1) is 15.9. The van der Waals surface area contributed by atoms with Crippen molar-refractivity contribution in [3.8, 4) is 0 Å². The summed E-state index contributed by atoms with van der Waals surface area (Å²) in [6, 6.07) is 1.70. The third-order valence-corrected chi connectivity index (χ3v) is 6.49. The Morgan fingerprint density at radius 2 is 2.22 bits per heavy atom. The van der Waals surface area contributed by atoms with Crippen molar-refractivity contribution in [2.45, 2.75) is 30.9 Å². The molecule has 0 atom stereocenters. The van der Waals surface area contributed by atoms with Gasteiger partial charge in [-0.2, -0.15) is 5.10 Å². The summed E-state index contributed by atoms with van der Waals surface area (Å²) in [5.74, 6) is -0.699. The predicted octanol–water partition coefficient (Wildman–Crippen LogP) is 0.666. The van der Waals surface area contributed by atoms with Crippen LogP contribution in [0.1, 0.15) is 35.3 Å². The van der Waals surface area contributed by atoms with E-state index in [-0.39, 0.29) is 12.2 Å². The van der Waals surface area contributed by atoms with Crippen molar-refractivity contribution in [3.05, 3.63) is 29.7 Å². The molecule has 0 unspecified atom stereocenters. The second kappa shape index (κ2) is 5.57. The minimum absolute atomic E-state index is 0.0744. The van der Waals surface area contributed by atoms with Crippen molar-refractivity contribution in [1.82, 2.24) is 19.3 Å². The zero-order chi connectivity index (χ0) is 16.7. The normalized spacial score (nSPS) is 17.0. The third-order valence-electron chi connectivity index (χ3n) is 4.37. The lowest BCUT2D eigenvalue weighted by Crippen LogP contribution is -2.55. The topological polar surface area (TPSA) is 103 Å². The van der Waals surface area contributed by atoms with Crippen LogP contribution in [0.2, 0.25) is 0 Å². The fraction of sp³-hybridized carbons (Fsp3) is 0.500. The third kappa shape index (κ3) is 2.49. The van der Waals surface area contributed by atoms with E-state index in [4.69, 9.17) is 4.74 Å². The van der Waals surface area contributed by atoms with Crippen molar-refractivity contribution in [2.24, 2.45) is 0 Å². The first-order valence-electron chi connectivity index (χ1n) is 7.25. The summed E-state index contributed by atoms with van der Waals surface area (Å²) in [7, 11) is -2.38. The van der Waals surface area contributed by atoms with E-state index in [9.17, 15) is 13.2 Å².